The molecule has 0 aromatic heterocycles. The van der Waals surface area contributed by atoms with Crippen molar-refractivity contribution in [1.82, 2.24) is 4.90 Å². The highest BCUT2D eigenvalue weighted by molar-refractivity contribution is 5.84. The molecule has 0 saturated heterocycles. The van der Waals surface area contributed by atoms with Crippen molar-refractivity contribution in [3.8, 4) is 0 Å². The largest absolute Gasteiger partial charge is 0.383 e. The Labute approximate surface area is 127 Å². The highest BCUT2D eigenvalue weighted by Crippen LogP contribution is 2.36. The molecule has 21 heavy (non-hydrogen) atoms. The summed E-state index contributed by atoms with van der Waals surface area (Å²) < 4.78 is 5.17. The SMILES string of the molecule is COCCN(C(=O)C(CN)c1ccccc1)C(C)C1CC1. The predicted molar refractivity (Wildman–Crippen MR) is 84.0 cm³/mol. The van der Waals surface area contributed by atoms with Crippen molar-refractivity contribution in [1.29, 1.82) is 0 Å². The first-order valence-electron chi connectivity index (χ1n) is 7.73. The lowest BCUT2D eigenvalue weighted by Gasteiger charge is -2.32. The minimum Gasteiger partial charge on any atom is -0.383 e. The van der Waals surface area contributed by atoms with E-state index < -0.39 is 0 Å². The van der Waals surface area contributed by atoms with Gasteiger partial charge in [-0.25, -0.2) is 0 Å². The third-order valence-corrected chi connectivity index (χ3v) is 4.35. The van der Waals surface area contributed by atoms with E-state index in [9.17, 15) is 4.79 Å². The van der Waals surface area contributed by atoms with Crippen LogP contribution in [0.4, 0.5) is 0 Å². The lowest BCUT2D eigenvalue weighted by Crippen LogP contribution is -2.45. The number of hydrogen-bond acceptors (Lipinski definition) is 3. The van der Waals surface area contributed by atoms with Crippen LogP contribution in [0.15, 0.2) is 30.3 Å². The first kappa shape index (κ1) is 16.0. The summed E-state index contributed by atoms with van der Waals surface area (Å²) in [5.41, 5.74) is 6.88. The molecule has 1 aromatic carbocycles. The Morgan fingerprint density at radius 2 is 2.05 bits per heavy atom. The van der Waals surface area contributed by atoms with Crippen molar-refractivity contribution in [2.24, 2.45) is 11.7 Å². The van der Waals surface area contributed by atoms with Gasteiger partial charge in [0.05, 0.1) is 12.5 Å². The molecule has 2 unspecified atom stereocenters. The van der Waals surface area contributed by atoms with Gasteiger partial charge in [-0.1, -0.05) is 30.3 Å². The summed E-state index contributed by atoms with van der Waals surface area (Å²) in [6.45, 7) is 3.68. The van der Waals surface area contributed by atoms with Gasteiger partial charge in [-0.05, 0) is 31.2 Å². The van der Waals surface area contributed by atoms with Crippen molar-refractivity contribution < 1.29 is 9.53 Å². The topological polar surface area (TPSA) is 55.6 Å². The molecular formula is C17H26N2O2. The molecule has 0 bridgehead atoms. The third-order valence-electron chi connectivity index (χ3n) is 4.35. The Hall–Kier alpha value is -1.39. The number of hydrogen-bond donors (Lipinski definition) is 1. The first-order chi connectivity index (χ1) is 10.2. The fraction of sp³-hybridized carbons (Fsp3) is 0.588. The van der Waals surface area contributed by atoms with Gasteiger partial charge in [0.15, 0.2) is 0 Å². The fourth-order valence-corrected chi connectivity index (χ4v) is 2.80. The molecule has 1 aliphatic carbocycles. The van der Waals surface area contributed by atoms with Gasteiger partial charge >= 0.3 is 0 Å². The van der Waals surface area contributed by atoms with Gasteiger partial charge in [0.25, 0.3) is 0 Å². The van der Waals surface area contributed by atoms with Gasteiger partial charge in [0, 0.05) is 26.2 Å². The Balaban J connectivity index is 2.14. The van der Waals surface area contributed by atoms with Crippen LogP contribution >= 0.6 is 0 Å². The Morgan fingerprint density at radius 3 is 2.57 bits per heavy atom. The molecule has 116 valence electrons. The van der Waals surface area contributed by atoms with Gasteiger partial charge in [-0.3, -0.25) is 4.79 Å². The van der Waals surface area contributed by atoms with Crippen LogP contribution in [0.3, 0.4) is 0 Å². The minimum absolute atomic E-state index is 0.125. The summed E-state index contributed by atoms with van der Waals surface area (Å²) in [4.78, 5) is 14.9. The monoisotopic (exact) mass is 290 g/mol. The number of rotatable bonds is 8. The lowest BCUT2D eigenvalue weighted by molar-refractivity contribution is -0.135. The van der Waals surface area contributed by atoms with E-state index in [4.69, 9.17) is 10.5 Å². The number of methoxy groups -OCH3 is 1. The van der Waals surface area contributed by atoms with Gasteiger partial charge in [0.1, 0.15) is 0 Å². The van der Waals surface area contributed by atoms with E-state index in [0.717, 1.165) is 5.56 Å². The Morgan fingerprint density at radius 1 is 1.38 bits per heavy atom. The van der Waals surface area contributed by atoms with Crippen molar-refractivity contribution in [2.45, 2.75) is 31.7 Å². The van der Waals surface area contributed by atoms with Crippen LogP contribution in [-0.2, 0) is 9.53 Å². The predicted octanol–water partition coefficient (Wildman–Crippen LogP) is 2.00. The second kappa shape index (κ2) is 7.57. The molecule has 1 fully saturated rings. The van der Waals surface area contributed by atoms with Crippen molar-refractivity contribution in [3.63, 3.8) is 0 Å². The molecule has 1 aliphatic rings. The molecule has 1 amide bonds. The molecule has 0 aliphatic heterocycles. The van der Waals surface area contributed by atoms with Crippen molar-refractivity contribution in [2.75, 3.05) is 26.8 Å². The highest BCUT2D eigenvalue weighted by atomic mass is 16.5. The number of nitrogens with two attached hydrogens (primary N) is 1. The van der Waals surface area contributed by atoms with E-state index in [0.29, 0.717) is 25.6 Å². The smallest absolute Gasteiger partial charge is 0.231 e. The maximum atomic E-state index is 12.9. The quantitative estimate of drug-likeness (QED) is 0.796. The van der Waals surface area contributed by atoms with Crippen LogP contribution in [0.2, 0.25) is 0 Å². The average molecular weight is 290 g/mol. The maximum absolute atomic E-state index is 12.9. The zero-order chi connectivity index (χ0) is 15.2. The molecule has 1 aromatic rings. The second-order valence-electron chi connectivity index (χ2n) is 5.80. The normalized spacial score (nSPS) is 17.3. The summed E-state index contributed by atoms with van der Waals surface area (Å²) in [5.74, 6) is 0.504. The summed E-state index contributed by atoms with van der Waals surface area (Å²) in [6.07, 6.45) is 2.44. The zero-order valence-electron chi connectivity index (χ0n) is 13.0. The molecular weight excluding hydrogens is 264 g/mol. The van der Waals surface area contributed by atoms with Crippen molar-refractivity contribution >= 4 is 5.91 Å². The van der Waals surface area contributed by atoms with Crippen LogP contribution < -0.4 is 5.73 Å². The van der Waals surface area contributed by atoms with E-state index in [-0.39, 0.29) is 17.9 Å². The van der Waals surface area contributed by atoms with E-state index in [1.165, 1.54) is 12.8 Å². The number of carbonyl (C=O) groups is 1. The standard InChI is InChI=1S/C17H26N2O2/c1-13(14-8-9-14)19(10-11-21-2)17(20)16(12-18)15-6-4-3-5-7-15/h3-7,13-14,16H,8-12,18H2,1-2H3. The fourth-order valence-electron chi connectivity index (χ4n) is 2.80. The van der Waals surface area contributed by atoms with E-state index in [2.05, 4.69) is 6.92 Å². The van der Waals surface area contributed by atoms with Crippen LogP contribution in [0.1, 0.15) is 31.2 Å². The number of amides is 1. The van der Waals surface area contributed by atoms with E-state index in [1.54, 1.807) is 7.11 Å². The molecule has 4 heteroatoms. The summed E-state index contributed by atoms with van der Waals surface area (Å²) in [5, 5.41) is 0. The Kier molecular flexibility index (Phi) is 5.76. The number of ether oxygens (including phenoxy) is 1. The molecule has 4 nitrogen and oxygen atoms in total. The van der Waals surface area contributed by atoms with Crippen LogP contribution in [0.5, 0.6) is 0 Å². The van der Waals surface area contributed by atoms with Crippen LogP contribution in [0, 0.1) is 5.92 Å². The molecule has 1 saturated carbocycles. The molecule has 0 heterocycles. The molecule has 2 atom stereocenters. The van der Waals surface area contributed by atoms with Gasteiger partial charge in [0.2, 0.25) is 5.91 Å². The second-order valence-corrected chi connectivity index (χ2v) is 5.80. The third kappa shape index (κ3) is 4.05. The zero-order valence-corrected chi connectivity index (χ0v) is 13.0. The molecule has 0 spiro atoms. The molecule has 0 radical (unpaired) electrons. The Bertz CT molecular complexity index is 445. The lowest BCUT2D eigenvalue weighted by atomic mass is 9.96. The average Bonchev–Trinajstić information content (AvgIpc) is 3.34. The van der Waals surface area contributed by atoms with Crippen LogP contribution in [-0.4, -0.2) is 43.7 Å². The van der Waals surface area contributed by atoms with Gasteiger partial charge in [-0.15, -0.1) is 0 Å². The van der Waals surface area contributed by atoms with Crippen molar-refractivity contribution in [3.05, 3.63) is 35.9 Å². The molecule has 2 N–H and O–H groups in total. The minimum atomic E-state index is -0.260. The van der Waals surface area contributed by atoms with Gasteiger partial charge < -0.3 is 15.4 Å². The number of benzene rings is 1. The maximum Gasteiger partial charge on any atom is 0.231 e. The number of carbonyl (C=O) groups excluding carboxylic acids is 1. The molecule has 2 rings (SSSR count). The first-order valence-corrected chi connectivity index (χ1v) is 7.73. The van der Waals surface area contributed by atoms with Gasteiger partial charge in [-0.2, -0.15) is 0 Å². The van der Waals surface area contributed by atoms with E-state index >= 15 is 0 Å². The summed E-state index contributed by atoms with van der Waals surface area (Å²) in [6, 6.07) is 10.1. The highest BCUT2D eigenvalue weighted by Gasteiger charge is 2.36. The summed E-state index contributed by atoms with van der Waals surface area (Å²) in [7, 11) is 1.67. The number of nitrogens with zero attached hydrogens (tertiary/aromatic N) is 1. The van der Waals surface area contributed by atoms with Crippen LogP contribution in [0.25, 0.3) is 0 Å². The summed E-state index contributed by atoms with van der Waals surface area (Å²) >= 11 is 0. The van der Waals surface area contributed by atoms with E-state index in [1.807, 2.05) is 35.2 Å².